The van der Waals surface area contributed by atoms with Crippen LogP contribution >= 0.6 is 0 Å². The third kappa shape index (κ3) is 3.25. The van der Waals surface area contributed by atoms with Crippen molar-refractivity contribution in [2.75, 3.05) is 20.1 Å². The second kappa shape index (κ2) is 4.99. The highest BCUT2D eigenvalue weighted by molar-refractivity contribution is 5.77. The van der Waals surface area contributed by atoms with Crippen molar-refractivity contribution in [3.63, 3.8) is 0 Å². The third-order valence-corrected chi connectivity index (χ3v) is 1.27. The van der Waals surface area contributed by atoms with Crippen LogP contribution in [0.4, 0.5) is 0 Å². The zero-order valence-corrected chi connectivity index (χ0v) is 6.34. The van der Waals surface area contributed by atoms with Crippen molar-refractivity contribution in [1.29, 1.82) is 0 Å². The molecule has 0 saturated carbocycles. The van der Waals surface area contributed by atoms with Crippen molar-refractivity contribution < 1.29 is 4.79 Å². The quantitative estimate of drug-likeness (QED) is 0.561. The van der Waals surface area contributed by atoms with E-state index in [0.717, 1.165) is 6.42 Å². The number of amides is 1. The lowest BCUT2D eigenvalue weighted by atomic mass is 10.4. The summed E-state index contributed by atoms with van der Waals surface area (Å²) in [5.41, 5.74) is 5.13. The molecule has 0 heterocycles. The molecule has 0 saturated heterocycles. The van der Waals surface area contributed by atoms with Gasteiger partial charge in [0.05, 0.1) is 6.54 Å². The Morgan fingerprint density at radius 3 is 2.80 bits per heavy atom. The zero-order chi connectivity index (χ0) is 7.98. The first-order valence-corrected chi connectivity index (χ1v) is 3.27. The van der Waals surface area contributed by atoms with Gasteiger partial charge in [0.1, 0.15) is 0 Å². The third-order valence-electron chi connectivity index (χ3n) is 1.27. The van der Waals surface area contributed by atoms with Crippen LogP contribution < -0.4 is 5.73 Å². The highest BCUT2D eigenvalue weighted by atomic mass is 16.2. The predicted molar refractivity (Wildman–Crippen MR) is 41.5 cm³/mol. The Balaban J connectivity index is 3.50. The summed E-state index contributed by atoms with van der Waals surface area (Å²) in [6.45, 7) is 4.35. The van der Waals surface area contributed by atoms with Crippen molar-refractivity contribution in [1.82, 2.24) is 4.90 Å². The molecular formula is C7H14N2O. The van der Waals surface area contributed by atoms with Crippen LogP contribution in [0.25, 0.3) is 0 Å². The van der Waals surface area contributed by atoms with Crippen molar-refractivity contribution in [2.24, 2.45) is 5.73 Å². The van der Waals surface area contributed by atoms with Gasteiger partial charge < -0.3 is 10.6 Å². The minimum atomic E-state index is -0.0261. The number of hydrogen-bond donors (Lipinski definition) is 1. The summed E-state index contributed by atoms with van der Waals surface area (Å²) < 4.78 is 0. The lowest BCUT2D eigenvalue weighted by Crippen LogP contribution is -2.33. The first-order valence-electron chi connectivity index (χ1n) is 3.27. The molecule has 0 fully saturated rings. The van der Waals surface area contributed by atoms with Crippen LogP contribution in [0.3, 0.4) is 0 Å². The molecule has 0 rings (SSSR count). The van der Waals surface area contributed by atoms with Crippen molar-refractivity contribution in [2.45, 2.75) is 6.42 Å². The summed E-state index contributed by atoms with van der Waals surface area (Å²) in [5, 5.41) is 0. The largest absolute Gasteiger partial charge is 0.344 e. The molecule has 58 valence electrons. The Bertz CT molecular complexity index is 123. The summed E-state index contributed by atoms with van der Waals surface area (Å²) in [5.74, 6) is -0.0261. The molecule has 2 N–H and O–H groups in total. The van der Waals surface area contributed by atoms with E-state index >= 15 is 0 Å². The van der Waals surface area contributed by atoms with E-state index in [1.54, 1.807) is 18.0 Å². The van der Waals surface area contributed by atoms with Gasteiger partial charge in [0, 0.05) is 13.6 Å². The summed E-state index contributed by atoms with van der Waals surface area (Å²) in [6, 6.07) is 0. The van der Waals surface area contributed by atoms with Gasteiger partial charge in [-0.25, -0.2) is 0 Å². The number of rotatable bonds is 4. The topological polar surface area (TPSA) is 46.3 Å². The monoisotopic (exact) mass is 142 g/mol. The molecule has 3 nitrogen and oxygen atoms in total. The molecule has 0 aliphatic rings. The highest BCUT2D eigenvalue weighted by Gasteiger charge is 2.02. The Hall–Kier alpha value is -0.830. The van der Waals surface area contributed by atoms with Gasteiger partial charge in [-0.05, 0) is 6.42 Å². The van der Waals surface area contributed by atoms with Crippen LogP contribution in [-0.2, 0) is 4.79 Å². The molecule has 0 spiro atoms. The molecule has 0 unspecified atom stereocenters. The van der Waals surface area contributed by atoms with E-state index in [0.29, 0.717) is 6.54 Å². The molecule has 3 heteroatoms. The van der Waals surface area contributed by atoms with Crippen LogP contribution in [0.5, 0.6) is 0 Å². The van der Waals surface area contributed by atoms with E-state index in [2.05, 4.69) is 6.58 Å². The summed E-state index contributed by atoms with van der Waals surface area (Å²) in [6.07, 6.45) is 2.60. The van der Waals surface area contributed by atoms with Crippen molar-refractivity contribution in [3.05, 3.63) is 12.7 Å². The number of carbonyl (C=O) groups is 1. The van der Waals surface area contributed by atoms with Crippen LogP contribution in [0.1, 0.15) is 6.42 Å². The Morgan fingerprint density at radius 1 is 1.80 bits per heavy atom. The zero-order valence-electron chi connectivity index (χ0n) is 6.34. The molecule has 0 radical (unpaired) electrons. The lowest BCUT2D eigenvalue weighted by Gasteiger charge is -2.13. The number of nitrogens with zero attached hydrogens (tertiary/aromatic N) is 1. The Labute approximate surface area is 61.5 Å². The number of hydrogen-bond acceptors (Lipinski definition) is 2. The average Bonchev–Trinajstić information content (AvgIpc) is 1.98. The number of carbonyl (C=O) groups excluding carboxylic acids is 1. The molecule has 10 heavy (non-hydrogen) atoms. The number of likely N-dealkylation sites (N-methyl/N-ethyl adjacent to an activating group) is 1. The second-order valence-corrected chi connectivity index (χ2v) is 2.10. The van der Waals surface area contributed by atoms with E-state index in [1.165, 1.54) is 0 Å². The summed E-state index contributed by atoms with van der Waals surface area (Å²) in [7, 11) is 1.73. The molecule has 0 aliphatic carbocycles. The van der Waals surface area contributed by atoms with Crippen LogP contribution in [0.15, 0.2) is 12.7 Å². The molecule has 0 aromatic rings. The fourth-order valence-electron chi connectivity index (χ4n) is 0.565. The van der Waals surface area contributed by atoms with Crippen molar-refractivity contribution in [3.8, 4) is 0 Å². The standard InChI is InChI=1S/C7H14N2O/c1-3-4-5-9(2)7(10)6-8/h3H,1,4-6,8H2,2H3. The summed E-state index contributed by atoms with van der Waals surface area (Å²) in [4.78, 5) is 12.4. The molecule has 0 aromatic heterocycles. The molecule has 0 aromatic carbocycles. The molecule has 0 atom stereocenters. The second-order valence-electron chi connectivity index (χ2n) is 2.10. The van der Waals surface area contributed by atoms with Crippen LogP contribution in [0.2, 0.25) is 0 Å². The van der Waals surface area contributed by atoms with Crippen LogP contribution in [0, 0.1) is 0 Å². The van der Waals surface area contributed by atoms with Crippen LogP contribution in [-0.4, -0.2) is 30.9 Å². The normalized spacial score (nSPS) is 9.00. The SMILES string of the molecule is C=CCCN(C)C(=O)CN. The van der Waals surface area contributed by atoms with E-state index in [4.69, 9.17) is 5.73 Å². The van der Waals surface area contributed by atoms with Gasteiger partial charge in [0.2, 0.25) is 5.91 Å². The first kappa shape index (κ1) is 9.17. The van der Waals surface area contributed by atoms with E-state index in [9.17, 15) is 4.79 Å². The van der Waals surface area contributed by atoms with Gasteiger partial charge in [0.25, 0.3) is 0 Å². The van der Waals surface area contributed by atoms with Gasteiger partial charge in [-0.2, -0.15) is 0 Å². The fraction of sp³-hybridized carbons (Fsp3) is 0.571. The maximum atomic E-state index is 10.8. The Morgan fingerprint density at radius 2 is 2.40 bits per heavy atom. The van der Waals surface area contributed by atoms with Gasteiger partial charge in [-0.15, -0.1) is 6.58 Å². The van der Waals surface area contributed by atoms with Gasteiger partial charge in [-0.1, -0.05) is 6.08 Å². The highest BCUT2D eigenvalue weighted by Crippen LogP contribution is 1.87. The molecular weight excluding hydrogens is 128 g/mol. The minimum absolute atomic E-state index is 0.0261. The average molecular weight is 142 g/mol. The lowest BCUT2D eigenvalue weighted by molar-refractivity contribution is -0.128. The van der Waals surface area contributed by atoms with Gasteiger partial charge in [-0.3, -0.25) is 4.79 Å². The molecule has 0 bridgehead atoms. The van der Waals surface area contributed by atoms with E-state index < -0.39 is 0 Å². The predicted octanol–water partition coefficient (Wildman–Crippen LogP) is -0.0204. The maximum Gasteiger partial charge on any atom is 0.236 e. The smallest absolute Gasteiger partial charge is 0.236 e. The molecule has 1 amide bonds. The number of nitrogens with two attached hydrogens (primary N) is 1. The van der Waals surface area contributed by atoms with Crippen molar-refractivity contribution >= 4 is 5.91 Å². The van der Waals surface area contributed by atoms with Gasteiger partial charge >= 0.3 is 0 Å². The van der Waals surface area contributed by atoms with E-state index in [1.807, 2.05) is 0 Å². The maximum absolute atomic E-state index is 10.8. The van der Waals surface area contributed by atoms with E-state index in [-0.39, 0.29) is 12.5 Å². The van der Waals surface area contributed by atoms with Gasteiger partial charge in [0.15, 0.2) is 0 Å². The fourth-order valence-corrected chi connectivity index (χ4v) is 0.565. The minimum Gasteiger partial charge on any atom is -0.344 e. The summed E-state index contributed by atoms with van der Waals surface area (Å²) >= 11 is 0. The molecule has 0 aliphatic heterocycles. The first-order chi connectivity index (χ1) is 4.72. The Kier molecular flexibility index (Phi) is 4.58.